The van der Waals surface area contributed by atoms with Gasteiger partial charge in [-0.1, -0.05) is 198 Å². The van der Waals surface area contributed by atoms with Crippen LogP contribution in [0.25, 0.3) is 0 Å². The summed E-state index contributed by atoms with van der Waals surface area (Å²) >= 11 is 0. The highest BCUT2D eigenvalue weighted by Gasteiger charge is 2.35. The fraction of sp³-hybridized carbons (Fsp3) is 0.577. The number of rotatable bonds is 23. The lowest BCUT2D eigenvalue weighted by Gasteiger charge is -2.38. The Kier molecular flexibility index (Phi) is 22.4. The molecule has 3 unspecified atom stereocenters. The van der Waals surface area contributed by atoms with Crippen LogP contribution in [0.4, 0.5) is 0 Å². The van der Waals surface area contributed by atoms with E-state index in [4.69, 9.17) is 4.74 Å². The van der Waals surface area contributed by atoms with Crippen molar-refractivity contribution in [2.24, 2.45) is 16.7 Å². The van der Waals surface area contributed by atoms with Crippen LogP contribution in [-0.4, -0.2) is 40.8 Å². The van der Waals surface area contributed by atoms with Crippen LogP contribution in [0, 0.1) is 16.7 Å². The minimum absolute atomic E-state index is 0.0239. The molecule has 316 valence electrons. The van der Waals surface area contributed by atoms with Crippen LogP contribution in [0.5, 0.6) is 0 Å². The predicted molar refractivity (Wildman–Crippen MR) is 242 cm³/mol. The average molecular weight is 783 g/mol. The quantitative estimate of drug-likeness (QED) is 0.0354. The maximum atomic E-state index is 13.7. The molecule has 0 heterocycles. The van der Waals surface area contributed by atoms with Crippen LogP contribution in [0.2, 0.25) is 0 Å². The maximum absolute atomic E-state index is 13.7. The van der Waals surface area contributed by atoms with Crippen LogP contribution in [0.15, 0.2) is 118 Å². The molecule has 0 aromatic carbocycles. The summed E-state index contributed by atoms with van der Waals surface area (Å²) in [5.41, 5.74) is 6.91. The summed E-state index contributed by atoms with van der Waals surface area (Å²) in [5.74, 6) is 0.00775. The Hall–Kier alpha value is -3.54. The molecule has 3 atom stereocenters. The van der Waals surface area contributed by atoms with Crippen LogP contribution in [-0.2, 0) is 14.3 Å². The van der Waals surface area contributed by atoms with Gasteiger partial charge < -0.3 is 14.9 Å². The number of ketones is 1. The van der Waals surface area contributed by atoms with E-state index in [0.717, 1.165) is 48.0 Å². The summed E-state index contributed by atoms with van der Waals surface area (Å²) in [6, 6.07) is 0. The van der Waals surface area contributed by atoms with Gasteiger partial charge in [0.2, 0.25) is 0 Å². The minimum atomic E-state index is -0.391. The van der Waals surface area contributed by atoms with Gasteiger partial charge in [0.05, 0.1) is 12.2 Å². The van der Waals surface area contributed by atoms with Crippen molar-refractivity contribution < 1.29 is 24.5 Å². The summed E-state index contributed by atoms with van der Waals surface area (Å²) < 4.78 is 5.66. The third kappa shape index (κ3) is 19.6. The van der Waals surface area contributed by atoms with E-state index in [1.54, 1.807) is 6.08 Å². The number of aliphatic hydroxyl groups excluding tert-OH is 2. The summed E-state index contributed by atoms with van der Waals surface area (Å²) in [7, 11) is 0. The number of Topliss-reactive ketones (excluding diaryl/α,β-unsaturated/α-hetero) is 1. The van der Waals surface area contributed by atoms with Crippen LogP contribution < -0.4 is 0 Å². The van der Waals surface area contributed by atoms with E-state index < -0.39 is 6.10 Å². The first-order valence-corrected chi connectivity index (χ1v) is 21.8. The first-order valence-electron chi connectivity index (χ1n) is 21.8. The molecule has 2 aliphatic carbocycles. The number of carbonyl (C=O) groups is 2. The highest BCUT2D eigenvalue weighted by atomic mass is 16.5. The molecule has 0 radical (unpaired) electrons. The molecule has 2 aliphatic rings. The SMILES string of the molecule is CCCCCCCCCCCC(=O)OCC(=CC=CC(C)=CC=CC=C(C)C=CC=C(C)C=CC1C(C)=CC(O)CC1(C)C)C(=O)CC1=C(C)CC(O)CC1(C)C. The Morgan fingerprint density at radius 2 is 1.30 bits per heavy atom. The highest BCUT2D eigenvalue weighted by molar-refractivity contribution is 5.98. The smallest absolute Gasteiger partial charge is 0.306 e. The number of allylic oxidation sites excluding steroid dienone is 17. The number of ether oxygens (including phenoxy) is 1. The number of unbranched alkanes of at least 4 members (excludes halogenated alkanes) is 8. The Bertz CT molecular complexity index is 1610. The van der Waals surface area contributed by atoms with Gasteiger partial charge in [0.25, 0.3) is 0 Å². The van der Waals surface area contributed by atoms with Crippen molar-refractivity contribution in [1.82, 2.24) is 0 Å². The number of hydrogen-bond donors (Lipinski definition) is 2. The molecule has 2 N–H and O–H groups in total. The van der Waals surface area contributed by atoms with Gasteiger partial charge >= 0.3 is 5.97 Å². The number of esters is 1. The summed E-state index contributed by atoms with van der Waals surface area (Å²) in [5, 5.41) is 20.5. The van der Waals surface area contributed by atoms with Crippen molar-refractivity contribution in [3.05, 3.63) is 118 Å². The van der Waals surface area contributed by atoms with Gasteiger partial charge in [0.15, 0.2) is 5.78 Å². The maximum Gasteiger partial charge on any atom is 0.306 e. The van der Waals surface area contributed by atoms with E-state index in [9.17, 15) is 19.8 Å². The lowest BCUT2D eigenvalue weighted by Crippen LogP contribution is -2.32. The van der Waals surface area contributed by atoms with E-state index in [1.165, 1.54) is 49.7 Å². The molecule has 5 nitrogen and oxygen atoms in total. The molecule has 2 rings (SSSR count). The van der Waals surface area contributed by atoms with Gasteiger partial charge in [0.1, 0.15) is 6.61 Å². The Morgan fingerprint density at radius 3 is 1.88 bits per heavy atom. The van der Waals surface area contributed by atoms with Gasteiger partial charge in [-0.3, -0.25) is 9.59 Å². The van der Waals surface area contributed by atoms with Crippen molar-refractivity contribution in [3.8, 4) is 0 Å². The van der Waals surface area contributed by atoms with E-state index in [-0.39, 0.29) is 41.7 Å². The number of aliphatic hydroxyl groups is 2. The fourth-order valence-electron chi connectivity index (χ4n) is 8.19. The molecule has 0 saturated heterocycles. The molecule has 0 saturated carbocycles. The fourth-order valence-corrected chi connectivity index (χ4v) is 8.19. The monoisotopic (exact) mass is 783 g/mol. The second-order valence-corrected chi connectivity index (χ2v) is 18.1. The van der Waals surface area contributed by atoms with Gasteiger partial charge in [-0.2, -0.15) is 0 Å². The molecule has 0 amide bonds. The molecule has 0 aromatic rings. The first-order chi connectivity index (χ1) is 26.9. The molecule has 0 aliphatic heterocycles. The van der Waals surface area contributed by atoms with Gasteiger partial charge in [-0.05, 0) is 71.1 Å². The van der Waals surface area contributed by atoms with E-state index in [0.29, 0.717) is 30.8 Å². The summed E-state index contributed by atoms with van der Waals surface area (Å²) in [6.45, 7) is 21.1. The van der Waals surface area contributed by atoms with Gasteiger partial charge in [-0.15, -0.1) is 0 Å². The van der Waals surface area contributed by atoms with Crippen molar-refractivity contribution >= 4 is 11.8 Å². The topological polar surface area (TPSA) is 83.8 Å². The van der Waals surface area contributed by atoms with E-state index >= 15 is 0 Å². The zero-order chi connectivity index (χ0) is 42.4. The normalized spacial score (nSPS) is 22.4. The van der Waals surface area contributed by atoms with Crippen LogP contribution in [0.1, 0.15) is 159 Å². The molecule has 0 bridgehead atoms. The van der Waals surface area contributed by atoms with Gasteiger partial charge in [-0.25, -0.2) is 0 Å². The Labute approximate surface area is 347 Å². The van der Waals surface area contributed by atoms with Crippen molar-refractivity contribution in [3.63, 3.8) is 0 Å². The summed E-state index contributed by atoms with van der Waals surface area (Å²) in [4.78, 5) is 26.4. The number of hydrogen-bond acceptors (Lipinski definition) is 5. The first kappa shape index (κ1) is 49.6. The molecule has 5 heteroatoms. The lowest BCUT2D eigenvalue weighted by molar-refractivity contribution is -0.143. The third-order valence-corrected chi connectivity index (χ3v) is 11.5. The standard InChI is InChI=1S/C52H78O5/c1-11-12-13-14-15-16-17-18-19-30-50(56)57-38-44(49(55)35-48-43(6)34-46(54)37-52(48,9)10)29-23-28-40(3)25-21-20-24-39(2)26-22-27-41(4)31-32-47-42(5)33-45(53)36-51(47,7)8/h20-29,31-33,45-47,53-54H,11-19,30,34-38H2,1-10H3. The third-order valence-electron chi connectivity index (χ3n) is 11.5. The van der Waals surface area contributed by atoms with Crippen LogP contribution >= 0.6 is 0 Å². The molecular formula is C52H78O5. The van der Waals surface area contributed by atoms with Crippen LogP contribution in [0.3, 0.4) is 0 Å². The largest absolute Gasteiger partial charge is 0.461 e. The summed E-state index contributed by atoms with van der Waals surface area (Å²) in [6.07, 6.45) is 38.9. The van der Waals surface area contributed by atoms with E-state index in [2.05, 4.69) is 91.8 Å². The Morgan fingerprint density at radius 1 is 0.754 bits per heavy atom. The highest BCUT2D eigenvalue weighted by Crippen LogP contribution is 2.43. The van der Waals surface area contributed by atoms with Crippen molar-refractivity contribution in [1.29, 1.82) is 0 Å². The predicted octanol–water partition coefficient (Wildman–Crippen LogP) is 13.3. The van der Waals surface area contributed by atoms with E-state index in [1.807, 2.05) is 50.3 Å². The minimum Gasteiger partial charge on any atom is -0.461 e. The molecule has 57 heavy (non-hydrogen) atoms. The molecule has 0 fully saturated rings. The molecule has 0 spiro atoms. The van der Waals surface area contributed by atoms with Crippen molar-refractivity contribution in [2.45, 2.75) is 171 Å². The Balaban J connectivity index is 2.02. The number of carbonyl (C=O) groups excluding carboxylic acids is 2. The molecule has 0 aromatic heterocycles. The zero-order valence-corrected chi connectivity index (χ0v) is 37.5. The zero-order valence-electron chi connectivity index (χ0n) is 37.5. The average Bonchev–Trinajstić information content (AvgIpc) is 3.11. The second kappa shape index (κ2) is 25.7. The van der Waals surface area contributed by atoms with Gasteiger partial charge in [0, 0.05) is 24.3 Å². The second-order valence-electron chi connectivity index (χ2n) is 18.1. The lowest BCUT2D eigenvalue weighted by atomic mass is 9.67. The van der Waals surface area contributed by atoms with Crippen molar-refractivity contribution in [2.75, 3.05) is 6.61 Å². The molecular weight excluding hydrogens is 705 g/mol.